The van der Waals surface area contributed by atoms with E-state index in [2.05, 4.69) is 4.90 Å². The molecule has 1 saturated heterocycles. The number of benzene rings is 2. The lowest BCUT2D eigenvalue weighted by Gasteiger charge is -2.40. The highest BCUT2D eigenvalue weighted by atomic mass is 35.5. The minimum atomic E-state index is -3.81. The number of methoxy groups -OCH3 is 1. The zero-order chi connectivity index (χ0) is 26.8. The van der Waals surface area contributed by atoms with Crippen molar-refractivity contribution in [1.82, 2.24) is 9.62 Å². The normalized spacial score (nSPS) is 18.0. The van der Waals surface area contributed by atoms with Crippen molar-refractivity contribution >= 4 is 39.1 Å². The number of ether oxygens (including phenoxy) is 2. The average Bonchev–Trinajstić information content (AvgIpc) is 3.68. The van der Waals surface area contributed by atoms with E-state index in [1.807, 2.05) is 16.9 Å². The Balaban J connectivity index is 1.43. The summed E-state index contributed by atoms with van der Waals surface area (Å²) in [5.74, 6) is -1.57. The summed E-state index contributed by atoms with van der Waals surface area (Å²) in [6, 6.07) is 8.12. The first-order valence-corrected chi connectivity index (χ1v) is 14.7. The number of sulfonamides is 1. The van der Waals surface area contributed by atoms with Gasteiger partial charge >= 0.3 is 0 Å². The van der Waals surface area contributed by atoms with Gasteiger partial charge in [0.05, 0.1) is 11.3 Å². The van der Waals surface area contributed by atoms with Crippen molar-refractivity contribution in [2.24, 2.45) is 0 Å². The van der Waals surface area contributed by atoms with Crippen LogP contribution in [0.3, 0.4) is 0 Å². The van der Waals surface area contributed by atoms with E-state index in [1.54, 1.807) is 13.2 Å². The minimum absolute atomic E-state index is 0.148. The lowest BCUT2D eigenvalue weighted by molar-refractivity contribution is -0.0841. The molecule has 1 saturated carbocycles. The molecule has 1 aliphatic heterocycles. The molecule has 0 spiro atoms. The number of rotatable bonds is 10. The third-order valence-electron chi connectivity index (χ3n) is 7.01. The number of nitrogens with zero attached hydrogens (tertiary/aromatic N) is 1. The van der Waals surface area contributed by atoms with Gasteiger partial charge in [-0.05, 0) is 73.9 Å². The van der Waals surface area contributed by atoms with Crippen LogP contribution in [0.1, 0.15) is 60.0 Å². The van der Waals surface area contributed by atoms with Gasteiger partial charge in [-0.2, -0.15) is 0 Å². The summed E-state index contributed by atoms with van der Waals surface area (Å²) in [5.41, 5.74) is 0.911. The molecule has 11 heteroatoms. The van der Waals surface area contributed by atoms with Crippen LogP contribution in [0, 0.1) is 5.82 Å². The fraction of sp³-hybridized carbons (Fsp3) is 0.500. The smallest absolute Gasteiger partial charge is 0.267 e. The summed E-state index contributed by atoms with van der Waals surface area (Å²) in [6.07, 6.45) is 3.23. The van der Waals surface area contributed by atoms with Crippen molar-refractivity contribution in [1.29, 1.82) is 0 Å². The van der Waals surface area contributed by atoms with Gasteiger partial charge in [-0.15, -0.1) is 0 Å². The third kappa shape index (κ3) is 7.15. The van der Waals surface area contributed by atoms with Gasteiger partial charge in [0.2, 0.25) is 10.0 Å². The highest BCUT2D eigenvalue weighted by molar-refractivity contribution is 7.90. The summed E-state index contributed by atoms with van der Waals surface area (Å²) in [4.78, 5) is 14.7. The molecule has 0 radical (unpaired) electrons. The second-order valence-corrected chi connectivity index (χ2v) is 12.6. The van der Waals surface area contributed by atoms with E-state index < -0.39 is 27.3 Å². The molecule has 0 atom stereocenters. The van der Waals surface area contributed by atoms with Gasteiger partial charge in [0.15, 0.2) is 0 Å². The number of amides is 1. The Morgan fingerprint density at radius 1 is 1.14 bits per heavy atom. The number of likely N-dealkylation sites (tertiary alicyclic amines) is 1. The highest BCUT2D eigenvalue weighted by Gasteiger charge is 2.37. The quantitative estimate of drug-likeness (QED) is 0.424. The van der Waals surface area contributed by atoms with E-state index in [4.69, 9.17) is 32.7 Å². The summed E-state index contributed by atoms with van der Waals surface area (Å²) >= 11 is 12.3. The first kappa shape index (κ1) is 28.1. The summed E-state index contributed by atoms with van der Waals surface area (Å²) in [6.45, 7) is 3.90. The van der Waals surface area contributed by atoms with Crippen LogP contribution >= 0.6 is 23.2 Å². The molecular formula is C26H31Cl2FN2O5S. The van der Waals surface area contributed by atoms with E-state index in [9.17, 15) is 17.6 Å². The molecule has 0 aromatic heterocycles. The largest absolute Gasteiger partial charge is 0.490 e. The van der Waals surface area contributed by atoms with Gasteiger partial charge in [-0.1, -0.05) is 23.2 Å². The van der Waals surface area contributed by atoms with Crippen LogP contribution in [-0.4, -0.2) is 57.4 Å². The summed E-state index contributed by atoms with van der Waals surface area (Å²) < 4.78 is 52.4. The third-order valence-corrected chi connectivity index (χ3v) is 8.70. The molecule has 37 heavy (non-hydrogen) atoms. The van der Waals surface area contributed by atoms with Crippen molar-refractivity contribution < 1.29 is 27.1 Å². The Morgan fingerprint density at radius 2 is 1.78 bits per heavy atom. The minimum Gasteiger partial charge on any atom is -0.490 e. The predicted octanol–water partition coefficient (Wildman–Crippen LogP) is 5.15. The molecule has 4 rings (SSSR count). The van der Waals surface area contributed by atoms with E-state index in [-0.39, 0.29) is 23.8 Å². The second kappa shape index (κ2) is 11.5. The number of piperidine rings is 1. The van der Waals surface area contributed by atoms with Gasteiger partial charge in [0.1, 0.15) is 23.8 Å². The van der Waals surface area contributed by atoms with Gasteiger partial charge < -0.3 is 9.47 Å². The van der Waals surface area contributed by atoms with Crippen LogP contribution < -0.4 is 9.46 Å². The Hall–Kier alpha value is -1.91. The van der Waals surface area contributed by atoms with Gasteiger partial charge in [-0.25, -0.2) is 17.5 Å². The molecule has 2 aromatic carbocycles. The number of carbonyl (C=O) groups excluding carboxylic acids is 1. The lowest BCUT2D eigenvalue weighted by Crippen LogP contribution is -2.48. The molecule has 2 aromatic rings. The number of halogens is 3. The zero-order valence-electron chi connectivity index (χ0n) is 20.9. The topological polar surface area (TPSA) is 84.9 Å². The molecule has 1 heterocycles. The molecule has 7 nitrogen and oxygen atoms in total. The Labute approximate surface area is 227 Å². The number of carbonyl (C=O) groups is 1. The molecule has 0 bridgehead atoms. The molecule has 1 N–H and O–H groups in total. The molecule has 202 valence electrons. The van der Waals surface area contributed by atoms with Crippen LogP contribution in [0.2, 0.25) is 10.0 Å². The van der Waals surface area contributed by atoms with Crippen LogP contribution in [0.4, 0.5) is 4.39 Å². The summed E-state index contributed by atoms with van der Waals surface area (Å²) in [7, 11) is -2.15. The van der Waals surface area contributed by atoms with Crippen LogP contribution in [-0.2, 0) is 21.3 Å². The first-order valence-electron chi connectivity index (χ1n) is 12.3. The van der Waals surface area contributed by atoms with Crippen molar-refractivity contribution in [2.45, 2.75) is 50.7 Å². The Morgan fingerprint density at radius 3 is 2.35 bits per heavy atom. The SMILES string of the molecule is CCS(=O)(=O)NC(=O)c1cc(C2CC2)c(OCC2(OC)CCN(Cc3cc(Cl)cc(Cl)c3)CC2)cc1F. The van der Waals surface area contributed by atoms with Gasteiger partial charge in [-0.3, -0.25) is 9.69 Å². The number of hydrogen-bond acceptors (Lipinski definition) is 6. The Bertz CT molecular complexity index is 1240. The monoisotopic (exact) mass is 572 g/mol. The maximum Gasteiger partial charge on any atom is 0.267 e. The van der Waals surface area contributed by atoms with Gasteiger partial charge in [0, 0.05) is 42.9 Å². The van der Waals surface area contributed by atoms with Crippen LogP contribution in [0.25, 0.3) is 0 Å². The van der Waals surface area contributed by atoms with Crippen LogP contribution in [0.15, 0.2) is 30.3 Å². The molecule has 0 unspecified atom stereocenters. The van der Waals surface area contributed by atoms with E-state index >= 15 is 0 Å². The number of nitrogens with one attached hydrogen (secondary N) is 1. The Kier molecular flexibility index (Phi) is 8.70. The molecule has 2 aliphatic rings. The molecule has 1 aliphatic carbocycles. The van der Waals surface area contributed by atoms with Crippen LogP contribution in [0.5, 0.6) is 5.75 Å². The van der Waals surface area contributed by atoms with E-state index in [0.29, 0.717) is 34.2 Å². The number of hydrogen-bond donors (Lipinski definition) is 1. The zero-order valence-corrected chi connectivity index (χ0v) is 23.2. The van der Waals surface area contributed by atoms with Crippen molar-refractivity contribution in [3.8, 4) is 5.75 Å². The first-order chi connectivity index (χ1) is 17.5. The maximum absolute atomic E-state index is 14.9. The lowest BCUT2D eigenvalue weighted by atomic mass is 9.91. The fourth-order valence-corrected chi connectivity index (χ4v) is 5.66. The molecule has 2 fully saturated rings. The van der Waals surface area contributed by atoms with Gasteiger partial charge in [0.25, 0.3) is 5.91 Å². The van der Waals surface area contributed by atoms with Crippen molar-refractivity contribution in [3.63, 3.8) is 0 Å². The van der Waals surface area contributed by atoms with E-state index in [0.717, 1.165) is 38.0 Å². The molecule has 1 amide bonds. The summed E-state index contributed by atoms with van der Waals surface area (Å²) in [5, 5.41) is 1.21. The average molecular weight is 574 g/mol. The van der Waals surface area contributed by atoms with Crippen molar-refractivity contribution in [3.05, 3.63) is 62.9 Å². The van der Waals surface area contributed by atoms with E-state index in [1.165, 1.54) is 19.1 Å². The predicted molar refractivity (Wildman–Crippen MR) is 142 cm³/mol. The second-order valence-electron chi connectivity index (χ2n) is 9.71. The highest BCUT2D eigenvalue weighted by Crippen LogP contribution is 2.45. The fourth-order valence-electron chi connectivity index (χ4n) is 4.55. The molecular weight excluding hydrogens is 542 g/mol. The standard InChI is InChI=1S/C26H31Cl2FN2O5S/c1-3-37(33,34)30-25(32)22-13-21(18-4-5-18)24(14-23(22)29)36-16-26(35-2)6-8-31(9-7-26)15-17-10-19(27)12-20(28)11-17/h10-14,18H,3-9,15-16H2,1-2H3,(H,30,32). The maximum atomic E-state index is 14.9. The van der Waals surface area contributed by atoms with Crippen molar-refractivity contribution in [2.75, 3.05) is 32.6 Å².